The number of fused-ring (bicyclic) bond motifs is 1. The van der Waals surface area contributed by atoms with Crippen LogP contribution in [0.3, 0.4) is 0 Å². The monoisotopic (exact) mass is 371 g/mol. The molecular formula is C17H10BrNO4. The first-order chi connectivity index (χ1) is 11.2. The van der Waals surface area contributed by atoms with Crippen LogP contribution in [0.2, 0.25) is 0 Å². The second-order valence-corrected chi connectivity index (χ2v) is 5.42. The van der Waals surface area contributed by atoms with E-state index in [0.717, 1.165) is 4.47 Å². The van der Waals surface area contributed by atoms with E-state index in [1.165, 1.54) is 6.26 Å². The van der Waals surface area contributed by atoms with E-state index in [2.05, 4.69) is 15.9 Å². The molecule has 23 heavy (non-hydrogen) atoms. The molecule has 114 valence electrons. The van der Waals surface area contributed by atoms with Gasteiger partial charge in [-0.05, 0) is 40.2 Å². The van der Waals surface area contributed by atoms with Crippen LogP contribution in [0, 0.1) is 11.3 Å². The Balaban J connectivity index is 1.98. The van der Waals surface area contributed by atoms with Gasteiger partial charge in [-0.15, -0.1) is 0 Å². The Morgan fingerprint density at radius 1 is 1.17 bits per heavy atom. The lowest BCUT2D eigenvalue weighted by molar-refractivity contribution is 0.367. The third-order valence-corrected chi connectivity index (χ3v) is 3.73. The molecule has 3 aromatic rings. The standard InChI is InChI=1S/C17H10BrNO4/c18-13-3-1-2-4-14(13)23-16-10-22-15-9-11(21-8-7-19)5-6-12(15)17(16)20/h1-6,9-10H,8H2. The van der Waals surface area contributed by atoms with Gasteiger partial charge in [0.05, 0.1) is 9.86 Å². The summed E-state index contributed by atoms with van der Waals surface area (Å²) >= 11 is 3.36. The Morgan fingerprint density at radius 2 is 2.00 bits per heavy atom. The normalized spacial score (nSPS) is 10.3. The van der Waals surface area contributed by atoms with Crippen molar-refractivity contribution >= 4 is 26.9 Å². The minimum atomic E-state index is -0.283. The maximum absolute atomic E-state index is 12.5. The van der Waals surface area contributed by atoms with Crippen LogP contribution in [-0.2, 0) is 0 Å². The fourth-order valence-electron chi connectivity index (χ4n) is 2.01. The van der Waals surface area contributed by atoms with Crippen molar-refractivity contribution in [3.63, 3.8) is 0 Å². The Bertz CT molecular complexity index is 959. The van der Waals surface area contributed by atoms with Gasteiger partial charge in [0.1, 0.15) is 29.4 Å². The first-order valence-electron chi connectivity index (χ1n) is 6.67. The summed E-state index contributed by atoms with van der Waals surface area (Å²) in [6.45, 7) is -0.0705. The molecule has 0 unspecified atom stereocenters. The molecule has 0 aliphatic carbocycles. The second-order valence-electron chi connectivity index (χ2n) is 4.57. The van der Waals surface area contributed by atoms with Gasteiger partial charge in [0.2, 0.25) is 11.2 Å². The molecule has 2 aromatic carbocycles. The first kappa shape index (κ1) is 15.1. The Labute approximate surface area is 139 Å². The molecule has 0 atom stereocenters. The van der Waals surface area contributed by atoms with Gasteiger partial charge in [-0.1, -0.05) is 12.1 Å². The highest BCUT2D eigenvalue weighted by atomic mass is 79.9. The fourth-order valence-corrected chi connectivity index (χ4v) is 2.38. The molecule has 0 amide bonds. The Morgan fingerprint density at radius 3 is 2.78 bits per heavy atom. The molecular weight excluding hydrogens is 362 g/mol. The minimum Gasteiger partial charge on any atom is -0.479 e. The van der Waals surface area contributed by atoms with Crippen molar-refractivity contribution in [3.8, 4) is 23.3 Å². The van der Waals surface area contributed by atoms with E-state index >= 15 is 0 Å². The number of halogens is 1. The third-order valence-electron chi connectivity index (χ3n) is 3.07. The summed E-state index contributed by atoms with van der Waals surface area (Å²) in [5, 5.41) is 8.89. The van der Waals surface area contributed by atoms with Crippen LogP contribution in [0.1, 0.15) is 0 Å². The van der Waals surface area contributed by atoms with Crippen molar-refractivity contribution < 1.29 is 13.9 Å². The molecule has 1 aromatic heterocycles. The lowest BCUT2D eigenvalue weighted by Gasteiger charge is -2.07. The molecule has 0 saturated carbocycles. The van der Waals surface area contributed by atoms with Crippen molar-refractivity contribution in [2.75, 3.05) is 6.61 Å². The summed E-state index contributed by atoms with van der Waals surface area (Å²) in [4.78, 5) is 12.5. The molecule has 0 radical (unpaired) electrons. The topological polar surface area (TPSA) is 72.5 Å². The van der Waals surface area contributed by atoms with E-state index in [-0.39, 0.29) is 17.8 Å². The number of para-hydroxylation sites is 1. The molecule has 5 nitrogen and oxygen atoms in total. The summed E-state index contributed by atoms with van der Waals surface area (Å²) in [6.07, 6.45) is 1.26. The molecule has 0 aliphatic heterocycles. The Kier molecular flexibility index (Phi) is 4.31. The smallest absolute Gasteiger partial charge is 0.235 e. The predicted octanol–water partition coefficient (Wildman–Crippen LogP) is 4.25. The van der Waals surface area contributed by atoms with E-state index < -0.39 is 0 Å². The summed E-state index contributed by atoms with van der Waals surface area (Å²) in [5.41, 5.74) is 0.0822. The number of ether oxygens (including phenoxy) is 2. The van der Waals surface area contributed by atoms with Crippen LogP contribution in [0.15, 0.2) is 62.4 Å². The molecule has 0 N–H and O–H groups in total. The maximum atomic E-state index is 12.5. The summed E-state index contributed by atoms with van der Waals surface area (Å²) in [7, 11) is 0. The number of benzene rings is 2. The third kappa shape index (κ3) is 3.20. The lowest BCUT2D eigenvalue weighted by Crippen LogP contribution is -2.05. The van der Waals surface area contributed by atoms with Crippen LogP contribution in [-0.4, -0.2) is 6.61 Å². The van der Waals surface area contributed by atoms with Crippen molar-refractivity contribution in [1.29, 1.82) is 5.26 Å². The average Bonchev–Trinajstić information content (AvgIpc) is 2.57. The number of hydrogen-bond acceptors (Lipinski definition) is 5. The van der Waals surface area contributed by atoms with Gasteiger partial charge < -0.3 is 13.9 Å². The van der Waals surface area contributed by atoms with E-state index in [4.69, 9.17) is 19.2 Å². The van der Waals surface area contributed by atoms with Crippen molar-refractivity contribution in [2.24, 2.45) is 0 Å². The van der Waals surface area contributed by atoms with Crippen LogP contribution >= 0.6 is 15.9 Å². The predicted molar refractivity (Wildman–Crippen MR) is 87.8 cm³/mol. The van der Waals surface area contributed by atoms with Crippen molar-refractivity contribution in [1.82, 2.24) is 0 Å². The minimum absolute atomic E-state index is 0.0705. The highest BCUT2D eigenvalue weighted by Crippen LogP contribution is 2.29. The summed E-state index contributed by atoms with van der Waals surface area (Å²) in [5.74, 6) is 1.07. The van der Waals surface area contributed by atoms with Crippen LogP contribution in [0.5, 0.6) is 17.2 Å². The highest BCUT2D eigenvalue weighted by molar-refractivity contribution is 9.10. The number of rotatable bonds is 4. The van der Waals surface area contributed by atoms with Crippen molar-refractivity contribution in [2.45, 2.75) is 0 Å². The SMILES string of the molecule is N#CCOc1ccc2c(=O)c(Oc3ccccc3Br)coc2c1. The molecule has 3 rings (SSSR count). The van der Waals surface area contributed by atoms with Crippen LogP contribution in [0.4, 0.5) is 0 Å². The molecule has 6 heteroatoms. The van der Waals surface area contributed by atoms with Gasteiger partial charge in [0.15, 0.2) is 6.61 Å². The van der Waals surface area contributed by atoms with Gasteiger partial charge in [-0.3, -0.25) is 4.79 Å². The zero-order chi connectivity index (χ0) is 16.2. The van der Waals surface area contributed by atoms with Gasteiger partial charge in [-0.2, -0.15) is 5.26 Å². The average molecular weight is 372 g/mol. The van der Waals surface area contributed by atoms with E-state index in [1.807, 2.05) is 24.3 Å². The van der Waals surface area contributed by atoms with E-state index in [1.54, 1.807) is 24.3 Å². The number of hydrogen-bond donors (Lipinski definition) is 0. The second kappa shape index (κ2) is 6.55. The van der Waals surface area contributed by atoms with Gasteiger partial charge >= 0.3 is 0 Å². The summed E-state index contributed by atoms with van der Waals surface area (Å²) in [6, 6.07) is 13.9. The molecule has 0 aliphatic rings. The molecule has 0 saturated heterocycles. The van der Waals surface area contributed by atoms with E-state index in [9.17, 15) is 4.79 Å². The van der Waals surface area contributed by atoms with E-state index in [0.29, 0.717) is 22.5 Å². The largest absolute Gasteiger partial charge is 0.479 e. The van der Waals surface area contributed by atoms with Gasteiger partial charge in [-0.25, -0.2) is 0 Å². The first-order valence-corrected chi connectivity index (χ1v) is 7.46. The number of nitrogens with zero attached hydrogens (tertiary/aromatic N) is 1. The molecule has 0 spiro atoms. The van der Waals surface area contributed by atoms with Gasteiger partial charge in [0, 0.05) is 6.07 Å². The summed E-state index contributed by atoms with van der Waals surface area (Å²) < 4.78 is 17.0. The lowest BCUT2D eigenvalue weighted by atomic mass is 10.2. The highest BCUT2D eigenvalue weighted by Gasteiger charge is 2.11. The maximum Gasteiger partial charge on any atom is 0.235 e. The fraction of sp³-hybridized carbons (Fsp3) is 0.0588. The molecule has 1 heterocycles. The van der Waals surface area contributed by atoms with Gasteiger partial charge in [0.25, 0.3) is 0 Å². The number of nitriles is 1. The van der Waals surface area contributed by atoms with Crippen molar-refractivity contribution in [3.05, 3.63) is 63.4 Å². The Hall–Kier alpha value is -2.78. The molecule has 0 bridgehead atoms. The zero-order valence-electron chi connectivity index (χ0n) is 11.8. The quantitative estimate of drug-likeness (QED) is 0.685. The molecule has 0 fully saturated rings. The zero-order valence-corrected chi connectivity index (χ0v) is 13.4. The van der Waals surface area contributed by atoms with Crippen LogP contribution in [0.25, 0.3) is 11.0 Å². The van der Waals surface area contributed by atoms with Crippen LogP contribution < -0.4 is 14.9 Å².